The number of hydrogen-bond acceptors (Lipinski definition) is 5. The number of benzene rings is 2. The predicted molar refractivity (Wildman–Crippen MR) is 119 cm³/mol. The van der Waals surface area contributed by atoms with E-state index in [9.17, 15) is 4.79 Å². The number of hydrogen-bond donors (Lipinski definition) is 3. The van der Waals surface area contributed by atoms with Crippen LogP contribution in [0.15, 0.2) is 60.9 Å². The average molecular weight is 422 g/mol. The lowest BCUT2D eigenvalue weighted by Crippen LogP contribution is -2.38. The predicted octanol–water partition coefficient (Wildman–Crippen LogP) is 3.11. The molecule has 0 bridgehead atoms. The quantitative estimate of drug-likeness (QED) is 0.520. The third-order valence-corrected chi connectivity index (χ3v) is 5.13. The lowest BCUT2D eigenvalue weighted by Gasteiger charge is -2.26. The zero-order chi connectivity index (χ0) is 21.3. The Kier molecular flexibility index (Phi) is 7.15. The van der Waals surface area contributed by atoms with Crippen LogP contribution in [0.4, 0.5) is 10.5 Å². The second kappa shape index (κ2) is 10.6. The minimum atomic E-state index is -0.280. The van der Waals surface area contributed by atoms with Gasteiger partial charge >= 0.3 is 6.03 Å². The normalized spacial score (nSPS) is 14.2. The van der Waals surface area contributed by atoms with Crippen LogP contribution in [0, 0.1) is 0 Å². The molecule has 2 heterocycles. The average Bonchev–Trinajstić information content (AvgIpc) is 3.35. The summed E-state index contributed by atoms with van der Waals surface area (Å²) in [5, 5.41) is 12.6. The van der Waals surface area contributed by atoms with Crippen molar-refractivity contribution in [2.45, 2.75) is 6.54 Å². The molecule has 1 aromatic heterocycles. The maximum Gasteiger partial charge on any atom is 0.319 e. The van der Waals surface area contributed by atoms with Crippen molar-refractivity contribution in [2.75, 3.05) is 44.8 Å². The summed E-state index contributed by atoms with van der Waals surface area (Å²) in [5.74, 6) is 0.627. The first kappa shape index (κ1) is 20.9. The summed E-state index contributed by atoms with van der Waals surface area (Å²) in [6.45, 7) is 5.10. The van der Waals surface area contributed by atoms with E-state index in [1.54, 1.807) is 6.20 Å². The Morgan fingerprint density at radius 3 is 2.74 bits per heavy atom. The highest BCUT2D eigenvalue weighted by atomic mass is 16.5. The molecule has 3 N–H and O–H groups in total. The Bertz CT molecular complexity index is 957. The SMILES string of the molecule is O=C(NCc1ccccc1)Nc1ccc(-c2cn[nH]c2)cc1OCCN1CCOCC1. The summed E-state index contributed by atoms with van der Waals surface area (Å²) in [4.78, 5) is 14.8. The van der Waals surface area contributed by atoms with Crippen molar-refractivity contribution in [3.05, 3.63) is 66.5 Å². The highest BCUT2D eigenvalue weighted by molar-refractivity contribution is 5.91. The number of nitrogens with one attached hydrogen (secondary N) is 3. The van der Waals surface area contributed by atoms with Gasteiger partial charge in [-0.25, -0.2) is 4.79 Å². The molecule has 3 aromatic rings. The van der Waals surface area contributed by atoms with E-state index in [1.165, 1.54) is 0 Å². The van der Waals surface area contributed by atoms with E-state index in [2.05, 4.69) is 25.7 Å². The van der Waals surface area contributed by atoms with Gasteiger partial charge in [-0.2, -0.15) is 5.10 Å². The molecular formula is C23H27N5O3. The van der Waals surface area contributed by atoms with Gasteiger partial charge in [0.05, 0.1) is 25.1 Å². The molecule has 0 spiro atoms. The van der Waals surface area contributed by atoms with Gasteiger partial charge in [-0.1, -0.05) is 36.4 Å². The van der Waals surface area contributed by atoms with Crippen LogP contribution < -0.4 is 15.4 Å². The van der Waals surface area contributed by atoms with Gasteiger partial charge in [0.25, 0.3) is 0 Å². The van der Waals surface area contributed by atoms with Gasteiger partial charge < -0.3 is 20.1 Å². The molecule has 1 fully saturated rings. The van der Waals surface area contributed by atoms with Crippen molar-refractivity contribution >= 4 is 11.7 Å². The van der Waals surface area contributed by atoms with Crippen LogP contribution in [-0.2, 0) is 11.3 Å². The standard InChI is InChI=1S/C23H27N5O3/c29-23(24-15-18-4-2-1-3-5-18)27-21-7-6-19(20-16-25-26-17-20)14-22(21)31-13-10-28-8-11-30-12-9-28/h1-7,14,16-17H,8-13,15H2,(H,25,26)(H2,24,27,29). The van der Waals surface area contributed by atoms with E-state index in [0.29, 0.717) is 24.6 Å². The lowest BCUT2D eigenvalue weighted by molar-refractivity contribution is 0.0323. The fourth-order valence-electron chi connectivity index (χ4n) is 3.39. The van der Waals surface area contributed by atoms with E-state index in [4.69, 9.17) is 9.47 Å². The Morgan fingerprint density at radius 1 is 1.13 bits per heavy atom. The van der Waals surface area contributed by atoms with Gasteiger partial charge in [0, 0.05) is 37.9 Å². The monoisotopic (exact) mass is 421 g/mol. The summed E-state index contributed by atoms with van der Waals surface area (Å²) < 4.78 is 11.5. The minimum absolute atomic E-state index is 0.280. The van der Waals surface area contributed by atoms with Crippen molar-refractivity contribution in [1.82, 2.24) is 20.4 Å². The van der Waals surface area contributed by atoms with Crippen molar-refractivity contribution in [3.8, 4) is 16.9 Å². The van der Waals surface area contributed by atoms with Gasteiger partial charge in [-0.15, -0.1) is 0 Å². The molecule has 0 unspecified atom stereocenters. The smallest absolute Gasteiger partial charge is 0.319 e. The first-order chi connectivity index (χ1) is 15.3. The number of morpholine rings is 1. The first-order valence-electron chi connectivity index (χ1n) is 10.4. The zero-order valence-electron chi connectivity index (χ0n) is 17.3. The molecule has 162 valence electrons. The molecule has 1 aliphatic heterocycles. The largest absolute Gasteiger partial charge is 0.490 e. The Hall–Kier alpha value is -3.36. The maximum atomic E-state index is 12.5. The van der Waals surface area contributed by atoms with Crippen LogP contribution in [0.3, 0.4) is 0 Å². The summed E-state index contributed by atoms with van der Waals surface area (Å²) in [7, 11) is 0. The van der Waals surface area contributed by atoms with Crippen LogP contribution in [-0.4, -0.2) is 60.6 Å². The maximum absolute atomic E-state index is 12.5. The van der Waals surface area contributed by atoms with Crippen molar-refractivity contribution in [2.24, 2.45) is 0 Å². The highest BCUT2D eigenvalue weighted by Gasteiger charge is 2.13. The fourth-order valence-corrected chi connectivity index (χ4v) is 3.39. The number of rotatable bonds is 8. The Morgan fingerprint density at radius 2 is 1.97 bits per heavy atom. The van der Waals surface area contributed by atoms with E-state index in [1.807, 2.05) is 54.7 Å². The number of amides is 2. The van der Waals surface area contributed by atoms with Crippen molar-refractivity contribution in [1.29, 1.82) is 0 Å². The van der Waals surface area contributed by atoms with Crippen LogP contribution in [0.1, 0.15) is 5.56 Å². The number of ether oxygens (including phenoxy) is 2. The molecule has 2 aromatic carbocycles. The zero-order valence-corrected chi connectivity index (χ0v) is 17.3. The first-order valence-corrected chi connectivity index (χ1v) is 10.4. The lowest BCUT2D eigenvalue weighted by atomic mass is 10.1. The van der Waals surface area contributed by atoms with E-state index in [0.717, 1.165) is 49.5 Å². The van der Waals surface area contributed by atoms with Crippen LogP contribution in [0.25, 0.3) is 11.1 Å². The van der Waals surface area contributed by atoms with Crippen LogP contribution >= 0.6 is 0 Å². The molecule has 0 atom stereocenters. The molecule has 0 saturated carbocycles. The van der Waals surface area contributed by atoms with Crippen molar-refractivity contribution in [3.63, 3.8) is 0 Å². The van der Waals surface area contributed by atoms with Gasteiger partial charge in [-0.3, -0.25) is 10.00 Å². The number of anilines is 1. The summed E-state index contributed by atoms with van der Waals surface area (Å²) >= 11 is 0. The van der Waals surface area contributed by atoms with Gasteiger partial charge in [0.1, 0.15) is 12.4 Å². The highest BCUT2D eigenvalue weighted by Crippen LogP contribution is 2.30. The minimum Gasteiger partial charge on any atom is -0.490 e. The van der Waals surface area contributed by atoms with E-state index in [-0.39, 0.29) is 6.03 Å². The number of H-pyrrole nitrogens is 1. The number of carbonyl (C=O) groups excluding carboxylic acids is 1. The third-order valence-electron chi connectivity index (χ3n) is 5.13. The molecule has 1 saturated heterocycles. The van der Waals surface area contributed by atoms with E-state index < -0.39 is 0 Å². The summed E-state index contributed by atoms with van der Waals surface area (Å²) in [6, 6.07) is 15.2. The molecule has 4 rings (SSSR count). The second-order valence-corrected chi connectivity index (χ2v) is 7.29. The number of nitrogens with zero attached hydrogens (tertiary/aromatic N) is 2. The Labute approximate surface area is 181 Å². The topological polar surface area (TPSA) is 91.5 Å². The van der Waals surface area contributed by atoms with Gasteiger partial charge in [0.2, 0.25) is 0 Å². The number of carbonyl (C=O) groups is 1. The fraction of sp³-hybridized carbons (Fsp3) is 0.304. The molecule has 8 heteroatoms. The third kappa shape index (κ3) is 6.07. The number of urea groups is 1. The van der Waals surface area contributed by atoms with Crippen LogP contribution in [0.5, 0.6) is 5.75 Å². The van der Waals surface area contributed by atoms with Gasteiger partial charge in [0.15, 0.2) is 0 Å². The molecule has 8 nitrogen and oxygen atoms in total. The number of aromatic nitrogens is 2. The second-order valence-electron chi connectivity index (χ2n) is 7.29. The van der Waals surface area contributed by atoms with Crippen LogP contribution in [0.2, 0.25) is 0 Å². The van der Waals surface area contributed by atoms with Gasteiger partial charge in [-0.05, 0) is 23.3 Å². The summed E-state index contributed by atoms with van der Waals surface area (Å²) in [5.41, 5.74) is 3.58. The molecule has 2 amide bonds. The van der Waals surface area contributed by atoms with E-state index >= 15 is 0 Å². The molecule has 1 aliphatic rings. The summed E-state index contributed by atoms with van der Waals surface area (Å²) in [6.07, 6.45) is 3.58. The van der Waals surface area contributed by atoms with Crippen molar-refractivity contribution < 1.29 is 14.3 Å². The molecule has 31 heavy (non-hydrogen) atoms. The molecule has 0 radical (unpaired) electrons. The number of aromatic amines is 1. The molecule has 0 aliphatic carbocycles. The molecular weight excluding hydrogens is 394 g/mol. The Balaban J connectivity index is 1.41.